The van der Waals surface area contributed by atoms with E-state index in [2.05, 4.69) is 4.98 Å². The summed E-state index contributed by atoms with van der Waals surface area (Å²) in [5.41, 5.74) is -0.458. The van der Waals surface area contributed by atoms with Crippen LogP contribution in [0.15, 0.2) is 28.2 Å². The van der Waals surface area contributed by atoms with Gasteiger partial charge in [0.1, 0.15) is 4.90 Å². The number of H-pyrrole nitrogens is 1. The Kier molecular flexibility index (Phi) is 3.87. The van der Waals surface area contributed by atoms with Crippen LogP contribution < -0.4 is 5.43 Å². The highest BCUT2D eigenvalue weighted by Crippen LogP contribution is 2.28. The van der Waals surface area contributed by atoms with Crippen LogP contribution in [0.2, 0.25) is 0 Å². The average molecular weight is 270 g/mol. The van der Waals surface area contributed by atoms with E-state index in [0.717, 1.165) is 12.8 Å². The number of pyridine rings is 1. The molecule has 1 saturated carbocycles. The Morgan fingerprint density at radius 1 is 1.44 bits per heavy atom. The molecule has 1 aliphatic carbocycles. The summed E-state index contributed by atoms with van der Waals surface area (Å²) in [6, 6.07) is 1.24. The summed E-state index contributed by atoms with van der Waals surface area (Å²) in [5.74, 6) is 0.447. The van der Waals surface area contributed by atoms with Crippen LogP contribution in [0.25, 0.3) is 0 Å². The van der Waals surface area contributed by atoms with Crippen molar-refractivity contribution in [2.24, 2.45) is 5.92 Å². The Morgan fingerprint density at radius 3 is 2.67 bits per heavy atom. The molecule has 0 spiro atoms. The zero-order chi connectivity index (χ0) is 13.2. The maximum Gasteiger partial charge on any atom is 0.248 e. The molecule has 6 heteroatoms. The first-order valence-corrected chi connectivity index (χ1v) is 7.67. The maximum atomic E-state index is 12.4. The molecule has 1 fully saturated rings. The molecule has 1 aromatic heterocycles. The van der Waals surface area contributed by atoms with Gasteiger partial charge in [-0.1, -0.05) is 13.3 Å². The monoisotopic (exact) mass is 270 g/mol. The van der Waals surface area contributed by atoms with Gasteiger partial charge in [0.05, 0.1) is 0 Å². The van der Waals surface area contributed by atoms with Crippen LogP contribution in [0.4, 0.5) is 0 Å². The van der Waals surface area contributed by atoms with E-state index < -0.39 is 15.5 Å². The van der Waals surface area contributed by atoms with Crippen LogP contribution in [-0.2, 0) is 10.0 Å². The molecule has 2 rings (SSSR count). The second-order valence-corrected chi connectivity index (χ2v) is 6.53. The van der Waals surface area contributed by atoms with Gasteiger partial charge in [-0.25, -0.2) is 8.42 Å². The first kappa shape index (κ1) is 13.3. The van der Waals surface area contributed by atoms with Crippen LogP contribution >= 0.6 is 0 Å². The number of aromatic nitrogens is 1. The highest BCUT2D eigenvalue weighted by molar-refractivity contribution is 7.89. The number of rotatable bonds is 5. The molecule has 1 heterocycles. The molecule has 0 unspecified atom stereocenters. The van der Waals surface area contributed by atoms with Crippen molar-refractivity contribution < 1.29 is 8.42 Å². The third kappa shape index (κ3) is 2.49. The highest BCUT2D eigenvalue weighted by Gasteiger charge is 2.29. The van der Waals surface area contributed by atoms with Crippen LogP contribution in [0.3, 0.4) is 0 Å². The molecular weight excluding hydrogens is 252 g/mol. The summed E-state index contributed by atoms with van der Waals surface area (Å²) in [6.07, 6.45) is 6.03. The molecule has 0 atom stereocenters. The van der Waals surface area contributed by atoms with Crippen LogP contribution in [-0.4, -0.2) is 30.8 Å². The van der Waals surface area contributed by atoms with Crippen LogP contribution in [0.5, 0.6) is 0 Å². The normalized spacial score (nSPS) is 16.8. The van der Waals surface area contributed by atoms with Gasteiger partial charge >= 0.3 is 0 Å². The predicted octanol–water partition coefficient (Wildman–Crippen LogP) is 1.19. The summed E-state index contributed by atoms with van der Waals surface area (Å²) < 4.78 is 26.1. The summed E-state index contributed by atoms with van der Waals surface area (Å²) in [4.78, 5) is 14.1. The molecule has 0 saturated heterocycles. The van der Waals surface area contributed by atoms with E-state index in [9.17, 15) is 13.2 Å². The second kappa shape index (κ2) is 5.24. The Hall–Kier alpha value is -1.14. The first-order valence-electron chi connectivity index (χ1n) is 6.23. The van der Waals surface area contributed by atoms with Gasteiger partial charge in [-0.3, -0.25) is 4.79 Å². The largest absolute Gasteiger partial charge is 0.366 e. The SMILES string of the molecule is CCN(CC1CCC1)S(=O)(=O)c1c[nH]ccc1=O. The van der Waals surface area contributed by atoms with E-state index in [-0.39, 0.29) is 4.90 Å². The lowest BCUT2D eigenvalue weighted by atomic mass is 9.85. The Bertz CT molecular complexity index is 561. The fourth-order valence-corrected chi connectivity index (χ4v) is 3.67. The number of nitrogens with zero attached hydrogens (tertiary/aromatic N) is 1. The van der Waals surface area contributed by atoms with Gasteiger partial charge in [-0.05, 0) is 18.8 Å². The zero-order valence-corrected chi connectivity index (χ0v) is 11.2. The number of sulfonamides is 1. The van der Waals surface area contributed by atoms with Gasteiger partial charge in [0.2, 0.25) is 15.5 Å². The second-order valence-electron chi connectivity index (χ2n) is 4.63. The first-order chi connectivity index (χ1) is 8.55. The molecule has 100 valence electrons. The number of hydrogen-bond donors (Lipinski definition) is 1. The van der Waals surface area contributed by atoms with Crippen LogP contribution in [0, 0.1) is 5.92 Å². The van der Waals surface area contributed by atoms with Crippen molar-refractivity contribution >= 4 is 10.0 Å². The van der Waals surface area contributed by atoms with Crippen molar-refractivity contribution in [1.82, 2.24) is 9.29 Å². The van der Waals surface area contributed by atoms with Gasteiger partial charge in [0, 0.05) is 31.5 Å². The van der Waals surface area contributed by atoms with E-state index in [1.807, 2.05) is 0 Å². The third-order valence-corrected chi connectivity index (χ3v) is 5.41. The quantitative estimate of drug-likeness (QED) is 0.873. The number of nitrogens with one attached hydrogen (secondary N) is 1. The average Bonchev–Trinajstić information content (AvgIpc) is 2.27. The van der Waals surface area contributed by atoms with Crippen molar-refractivity contribution in [3.8, 4) is 0 Å². The molecule has 1 N–H and O–H groups in total. The molecule has 0 radical (unpaired) electrons. The Morgan fingerprint density at radius 2 is 2.17 bits per heavy atom. The van der Waals surface area contributed by atoms with Crippen molar-refractivity contribution in [1.29, 1.82) is 0 Å². The minimum Gasteiger partial charge on any atom is -0.366 e. The lowest BCUT2D eigenvalue weighted by Crippen LogP contribution is -2.39. The van der Waals surface area contributed by atoms with Crippen LogP contribution in [0.1, 0.15) is 26.2 Å². The Balaban J connectivity index is 2.28. The lowest BCUT2D eigenvalue weighted by Gasteiger charge is -2.30. The predicted molar refractivity (Wildman–Crippen MR) is 68.8 cm³/mol. The minimum absolute atomic E-state index is 0.161. The van der Waals surface area contributed by atoms with Gasteiger partial charge in [0.25, 0.3) is 0 Å². The molecule has 5 nitrogen and oxygen atoms in total. The van der Waals surface area contributed by atoms with E-state index in [1.165, 1.54) is 29.2 Å². The third-order valence-electron chi connectivity index (χ3n) is 3.45. The van der Waals surface area contributed by atoms with Crippen molar-refractivity contribution in [3.63, 3.8) is 0 Å². The van der Waals surface area contributed by atoms with Gasteiger partial charge in [-0.2, -0.15) is 4.31 Å². The van der Waals surface area contributed by atoms with E-state index in [0.29, 0.717) is 19.0 Å². The molecule has 0 aliphatic heterocycles. The van der Waals surface area contributed by atoms with Crippen molar-refractivity contribution in [2.45, 2.75) is 31.1 Å². The smallest absolute Gasteiger partial charge is 0.248 e. The lowest BCUT2D eigenvalue weighted by molar-refractivity contribution is 0.250. The maximum absolute atomic E-state index is 12.4. The van der Waals surface area contributed by atoms with Crippen molar-refractivity contribution in [2.75, 3.05) is 13.1 Å². The molecule has 0 aromatic carbocycles. The highest BCUT2D eigenvalue weighted by atomic mass is 32.2. The molecule has 18 heavy (non-hydrogen) atoms. The van der Waals surface area contributed by atoms with Gasteiger partial charge in [0.15, 0.2) is 0 Å². The zero-order valence-electron chi connectivity index (χ0n) is 10.4. The fraction of sp³-hybridized carbons (Fsp3) is 0.583. The Labute approximate surface area is 107 Å². The molecule has 0 amide bonds. The fourth-order valence-electron chi connectivity index (χ4n) is 2.10. The van der Waals surface area contributed by atoms with E-state index in [1.54, 1.807) is 6.92 Å². The number of hydrogen-bond acceptors (Lipinski definition) is 3. The standard InChI is InChI=1S/C12H18N2O3S/c1-2-14(9-10-4-3-5-10)18(16,17)12-8-13-7-6-11(12)15/h6-8,10H,2-5,9H2,1H3,(H,13,15). The molecular formula is C12H18N2O3S. The summed E-state index contributed by atoms with van der Waals surface area (Å²) in [7, 11) is -3.66. The minimum atomic E-state index is -3.66. The van der Waals surface area contributed by atoms with Crippen molar-refractivity contribution in [3.05, 3.63) is 28.7 Å². The summed E-state index contributed by atoms with van der Waals surface area (Å²) in [5, 5.41) is 0. The summed E-state index contributed by atoms with van der Waals surface area (Å²) in [6.45, 7) is 2.72. The van der Waals surface area contributed by atoms with E-state index in [4.69, 9.17) is 0 Å². The number of aromatic amines is 1. The van der Waals surface area contributed by atoms with E-state index >= 15 is 0 Å². The molecule has 1 aromatic rings. The van der Waals surface area contributed by atoms with Gasteiger partial charge < -0.3 is 4.98 Å². The topological polar surface area (TPSA) is 70.2 Å². The molecule has 0 bridgehead atoms. The summed E-state index contributed by atoms with van der Waals surface area (Å²) >= 11 is 0. The molecule has 1 aliphatic rings. The van der Waals surface area contributed by atoms with Gasteiger partial charge in [-0.15, -0.1) is 0 Å².